The van der Waals surface area contributed by atoms with Crippen molar-refractivity contribution in [2.75, 3.05) is 6.61 Å². The minimum absolute atomic E-state index is 0.0326. The minimum atomic E-state index is -1.88. The molecule has 0 saturated carbocycles. The Hall–Kier alpha value is -1.80. The van der Waals surface area contributed by atoms with Crippen LogP contribution in [0.2, 0.25) is 0 Å². The van der Waals surface area contributed by atoms with Crippen molar-refractivity contribution in [3.05, 3.63) is 6.61 Å². The largest absolute Gasteiger partial charge is 0.458 e. The van der Waals surface area contributed by atoms with Gasteiger partial charge in [0.25, 0.3) is 0 Å². The molecule has 0 aromatic rings. The van der Waals surface area contributed by atoms with Crippen LogP contribution in [0.5, 0.6) is 0 Å². The van der Waals surface area contributed by atoms with Crippen molar-refractivity contribution < 1.29 is 38.5 Å². The zero-order valence-electron chi connectivity index (χ0n) is 13.5. The third kappa shape index (κ3) is 4.35. The summed E-state index contributed by atoms with van der Waals surface area (Å²) < 4.78 is 15.7. The first-order valence-electron chi connectivity index (χ1n) is 7.11. The standard InChI is InChI=1S/C15H21O8/c1-8(17)5-12-6-21-15(7-16,9(2)18)14(23-11(4)20)13(12)22-10(3)19/h6,12-14,16H,5,7H2,1-4H3/t12-,13-,14-,15+/m1/s1. The smallest absolute Gasteiger partial charge is 0.303 e. The minimum Gasteiger partial charge on any atom is -0.458 e. The van der Waals surface area contributed by atoms with Gasteiger partial charge in [-0.1, -0.05) is 0 Å². The summed E-state index contributed by atoms with van der Waals surface area (Å²) in [6, 6.07) is 0. The first-order valence-corrected chi connectivity index (χ1v) is 7.11. The number of esters is 2. The highest BCUT2D eigenvalue weighted by molar-refractivity contribution is 5.87. The van der Waals surface area contributed by atoms with Crippen LogP contribution in [0.4, 0.5) is 0 Å². The maximum Gasteiger partial charge on any atom is 0.303 e. The van der Waals surface area contributed by atoms with E-state index in [0.717, 1.165) is 20.8 Å². The second kappa shape index (κ2) is 7.65. The molecule has 0 bridgehead atoms. The number of hydrogen-bond donors (Lipinski definition) is 1. The van der Waals surface area contributed by atoms with E-state index in [1.165, 1.54) is 13.5 Å². The van der Waals surface area contributed by atoms with Gasteiger partial charge in [0.15, 0.2) is 17.5 Å². The van der Waals surface area contributed by atoms with E-state index in [0.29, 0.717) is 0 Å². The number of Topliss-reactive ketones (excluding diaryl/α,β-unsaturated/α-hetero) is 2. The Morgan fingerprint density at radius 3 is 2.04 bits per heavy atom. The van der Waals surface area contributed by atoms with Crippen molar-refractivity contribution in [1.82, 2.24) is 0 Å². The van der Waals surface area contributed by atoms with Gasteiger partial charge < -0.3 is 24.1 Å². The van der Waals surface area contributed by atoms with E-state index in [1.54, 1.807) is 0 Å². The van der Waals surface area contributed by atoms with Crippen molar-refractivity contribution >= 4 is 23.5 Å². The van der Waals surface area contributed by atoms with Crippen LogP contribution in [0.25, 0.3) is 0 Å². The molecule has 1 fully saturated rings. The molecule has 8 nitrogen and oxygen atoms in total. The molecular formula is C15H21O8. The predicted molar refractivity (Wildman–Crippen MR) is 75.8 cm³/mol. The van der Waals surface area contributed by atoms with Crippen molar-refractivity contribution in [2.24, 2.45) is 5.92 Å². The number of ketones is 2. The fourth-order valence-electron chi connectivity index (χ4n) is 2.54. The molecule has 1 aliphatic rings. The summed E-state index contributed by atoms with van der Waals surface area (Å²) in [7, 11) is 0. The summed E-state index contributed by atoms with van der Waals surface area (Å²) in [5, 5.41) is 9.65. The van der Waals surface area contributed by atoms with Crippen LogP contribution in [-0.2, 0) is 33.4 Å². The maximum absolute atomic E-state index is 12.0. The second-order valence-electron chi connectivity index (χ2n) is 5.53. The molecule has 23 heavy (non-hydrogen) atoms. The Kier molecular flexibility index (Phi) is 6.40. The zero-order chi connectivity index (χ0) is 17.8. The lowest BCUT2D eigenvalue weighted by atomic mass is 9.79. The molecule has 0 unspecified atom stereocenters. The summed E-state index contributed by atoms with van der Waals surface area (Å²) in [5.41, 5.74) is -1.88. The highest BCUT2D eigenvalue weighted by atomic mass is 16.6. The summed E-state index contributed by atoms with van der Waals surface area (Å²) >= 11 is 0. The van der Waals surface area contributed by atoms with E-state index in [9.17, 15) is 24.3 Å². The molecule has 4 atom stereocenters. The molecule has 129 valence electrons. The number of ether oxygens (including phenoxy) is 3. The van der Waals surface area contributed by atoms with Gasteiger partial charge in [0.2, 0.25) is 0 Å². The summed E-state index contributed by atoms with van der Waals surface area (Å²) in [6.07, 6.45) is -2.51. The van der Waals surface area contributed by atoms with E-state index in [4.69, 9.17) is 14.2 Å². The molecule has 0 aromatic heterocycles. The van der Waals surface area contributed by atoms with E-state index < -0.39 is 48.1 Å². The maximum atomic E-state index is 12.0. The van der Waals surface area contributed by atoms with Crippen LogP contribution in [-0.4, -0.2) is 53.0 Å². The van der Waals surface area contributed by atoms with Crippen LogP contribution in [0.3, 0.4) is 0 Å². The Bertz CT molecular complexity index is 500. The first kappa shape index (κ1) is 19.2. The van der Waals surface area contributed by atoms with Gasteiger partial charge in [0.05, 0.1) is 13.2 Å². The number of hydrogen-bond acceptors (Lipinski definition) is 8. The molecule has 8 heteroatoms. The quantitative estimate of drug-likeness (QED) is 0.675. The van der Waals surface area contributed by atoms with Gasteiger partial charge in [-0.25, -0.2) is 0 Å². The third-order valence-corrected chi connectivity index (χ3v) is 3.58. The lowest BCUT2D eigenvalue weighted by molar-refractivity contribution is -0.228. The van der Waals surface area contributed by atoms with Gasteiger partial charge in [-0.05, 0) is 13.8 Å². The highest BCUT2D eigenvalue weighted by Gasteiger charge is 2.57. The number of rotatable bonds is 6. The van der Waals surface area contributed by atoms with Gasteiger partial charge in [-0.3, -0.25) is 14.4 Å². The number of aliphatic hydroxyl groups is 1. The molecule has 1 rings (SSSR count). The average molecular weight is 329 g/mol. The molecule has 1 N–H and O–H groups in total. The zero-order valence-corrected chi connectivity index (χ0v) is 13.5. The molecule has 0 spiro atoms. The normalized spacial score (nSPS) is 30.4. The molecule has 1 saturated heterocycles. The van der Waals surface area contributed by atoms with E-state index in [2.05, 4.69) is 0 Å². The Morgan fingerprint density at radius 1 is 1.09 bits per heavy atom. The molecule has 0 amide bonds. The lowest BCUT2D eigenvalue weighted by Crippen LogP contribution is -2.65. The topological polar surface area (TPSA) is 116 Å². The van der Waals surface area contributed by atoms with Gasteiger partial charge in [-0.2, -0.15) is 0 Å². The van der Waals surface area contributed by atoms with Gasteiger partial charge in [0, 0.05) is 26.2 Å². The fraction of sp³-hybridized carbons (Fsp3) is 0.667. The molecule has 1 aliphatic heterocycles. The Labute approximate surface area is 134 Å². The van der Waals surface area contributed by atoms with Crippen LogP contribution in [0.15, 0.2) is 0 Å². The Balaban J connectivity index is 3.29. The number of aliphatic hydroxyl groups excluding tert-OH is 1. The summed E-state index contributed by atoms with van der Waals surface area (Å²) in [5.74, 6) is -2.92. The fourth-order valence-corrected chi connectivity index (χ4v) is 2.54. The van der Waals surface area contributed by atoms with Crippen molar-refractivity contribution in [1.29, 1.82) is 0 Å². The molecule has 0 aromatic carbocycles. The van der Waals surface area contributed by atoms with Crippen LogP contribution >= 0.6 is 0 Å². The van der Waals surface area contributed by atoms with Crippen LogP contribution in [0, 0.1) is 12.5 Å². The van der Waals surface area contributed by atoms with E-state index in [-0.39, 0.29) is 12.2 Å². The van der Waals surface area contributed by atoms with Crippen LogP contribution < -0.4 is 0 Å². The van der Waals surface area contributed by atoms with Crippen molar-refractivity contribution in [3.63, 3.8) is 0 Å². The van der Waals surface area contributed by atoms with E-state index in [1.807, 2.05) is 0 Å². The summed E-state index contributed by atoms with van der Waals surface area (Å²) in [4.78, 5) is 46.2. The van der Waals surface area contributed by atoms with Crippen molar-refractivity contribution in [2.45, 2.75) is 51.9 Å². The first-order chi connectivity index (χ1) is 10.6. The van der Waals surface area contributed by atoms with E-state index >= 15 is 0 Å². The number of carbonyl (C=O) groups is 4. The Morgan fingerprint density at radius 2 is 1.65 bits per heavy atom. The molecule has 1 heterocycles. The van der Waals surface area contributed by atoms with Crippen LogP contribution in [0.1, 0.15) is 34.1 Å². The lowest BCUT2D eigenvalue weighted by Gasteiger charge is -2.46. The second-order valence-corrected chi connectivity index (χ2v) is 5.53. The SMILES string of the molecule is CC(=O)C[C@@H]1[CH]O[C@@](CO)(C(C)=O)[C@H](OC(C)=O)[C@@H]1OC(C)=O. The highest BCUT2D eigenvalue weighted by Crippen LogP contribution is 2.37. The average Bonchev–Trinajstić information content (AvgIpc) is 2.41. The summed E-state index contributed by atoms with van der Waals surface area (Å²) in [6.45, 7) is 5.19. The molecule has 1 radical (unpaired) electrons. The van der Waals surface area contributed by atoms with Crippen molar-refractivity contribution in [3.8, 4) is 0 Å². The number of carbonyl (C=O) groups excluding carboxylic acids is 4. The van der Waals surface area contributed by atoms with Gasteiger partial charge >= 0.3 is 11.9 Å². The van der Waals surface area contributed by atoms with Gasteiger partial charge in [0.1, 0.15) is 11.9 Å². The van der Waals surface area contributed by atoms with Gasteiger partial charge in [-0.15, -0.1) is 0 Å². The predicted octanol–water partition coefficient (Wildman–Crippen LogP) is -0.0428. The molecule has 0 aliphatic carbocycles. The monoisotopic (exact) mass is 329 g/mol. The molecular weight excluding hydrogens is 308 g/mol. The third-order valence-electron chi connectivity index (χ3n) is 3.58.